The molecule has 186 valence electrons. The predicted molar refractivity (Wildman–Crippen MR) is 141 cm³/mol. The Kier molecular flexibility index (Phi) is 8.20. The van der Waals surface area contributed by atoms with Gasteiger partial charge < -0.3 is 15.0 Å². The van der Waals surface area contributed by atoms with Crippen LogP contribution < -0.4 is 25.8 Å². The third-order valence-corrected chi connectivity index (χ3v) is 6.46. The zero-order valence-electron chi connectivity index (χ0n) is 18.8. The van der Waals surface area contributed by atoms with Gasteiger partial charge in [-0.1, -0.05) is 59.1 Å². The summed E-state index contributed by atoms with van der Waals surface area (Å²) in [4.78, 5) is 39.1. The summed E-state index contributed by atoms with van der Waals surface area (Å²) in [6, 6.07) is 18.7. The SMILES string of the molecule is O=C(COc1ccc(Cl)cc1NNC(=O)[C@H]1CC(=O)N(c2ccccc2)C1)Nc1cccc(Cl)c1Cl. The fourth-order valence-corrected chi connectivity index (χ4v) is 4.15. The minimum atomic E-state index is -0.540. The average molecular weight is 548 g/mol. The van der Waals surface area contributed by atoms with Gasteiger partial charge in [0, 0.05) is 23.7 Å². The van der Waals surface area contributed by atoms with Crippen molar-refractivity contribution in [1.82, 2.24) is 5.43 Å². The number of halogens is 3. The zero-order valence-corrected chi connectivity index (χ0v) is 21.0. The van der Waals surface area contributed by atoms with Crippen LogP contribution in [0.5, 0.6) is 5.75 Å². The van der Waals surface area contributed by atoms with Gasteiger partial charge in [0.1, 0.15) is 5.75 Å². The molecule has 3 amide bonds. The van der Waals surface area contributed by atoms with Gasteiger partial charge in [-0.25, -0.2) is 0 Å². The molecule has 1 saturated heterocycles. The zero-order chi connectivity index (χ0) is 25.7. The summed E-state index contributed by atoms with van der Waals surface area (Å²) < 4.78 is 5.62. The highest BCUT2D eigenvalue weighted by Gasteiger charge is 2.35. The Balaban J connectivity index is 1.35. The number of amides is 3. The number of ether oxygens (including phenoxy) is 1. The largest absolute Gasteiger partial charge is 0.482 e. The number of carbonyl (C=O) groups excluding carboxylic acids is 3. The topological polar surface area (TPSA) is 99.8 Å². The number of hydrogen-bond acceptors (Lipinski definition) is 5. The first-order chi connectivity index (χ1) is 17.3. The molecular formula is C25H21Cl3N4O4. The third-order valence-electron chi connectivity index (χ3n) is 5.41. The van der Waals surface area contributed by atoms with Crippen molar-refractivity contribution in [2.75, 3.05) is 28.8 Å². The van der Waals surface area contributed by atoms with Crippen molar-refractivity contribution < 1.29 is 19.1 Å². The van der Waals surface area contributed by atoms with Gasteiger partial charge in [-0.2, -0.15) is 0 Å². The molecule has 36 heavy (non-hydrogen) atoms. The molecule has 1 fully saturated rings. The Morgan fingerprint density at radius 2 is 1.75 bits per heavy atom. The number of nitrogens with zero attached hydrogens (tertiary/aromatic N) is 1. The van der Waals surface area contributed by atoms with E-state index in [1.54, 1.807) is 41.3 Å². The van der Waals surface area contributed by atoms with E-state index in [1.807, 2.05) is 30.3 Å². The van der Waals surface area contributed by atoms with Crippen LogP contribution in [0.2, 0.25) is 15.1 Å². The normalized spacial score (nSPS) is 14.9. The Morgan fingerprint density at radius 1 is 0.972 bits per heavy atom. The lowest BCUT2D eigenvalue weighted by molar-refractivity contribution is -0.125. The minimum Gasteiger partial charge on any atom is -0.482 e. The van der Waals surface area contributed by atoms with Gasteiger partial charge >= 0.3 is 0 Å². The number of hydrogen-bond donors (Lipinski definition) is 3. The summed E-state index contributed by atoms with van der Waals surface area (Å²) in [6.45, 7) is -0.0717. The molecule has 0 aliphatic carbocycles. The fraction of sp³-hybridized carbons (Fsp3) is 0.160. The van der Waals surface area contributed by atoms with Crippen molar-refractivity contribution in [2.24, 2.45) is 5.92 Å². The van der Waals surface area contributed by atoms with Crippen LogP contribution in [0, 0.1) is 5.92 Å². The van der Waals surface area contributed by atoms with Crippen LogP contribution in [0.1, 0.15) is 6.42 Å². The highest BCUT2D eigenvalue weighted by atomic mass is 35.5. The van der Waals surface area contributed by atoms with Crippen LogP contribution in [0.4, 0.5) is 17.1 Å². The molecule has 3 aromatic rings. The van der Waals surface area contributed by atoms with E-state index in [2.05, 4.69) is 16.2 Å². The molecule has 0 aromatic heterocycles. The van der Waals surface area contributed by atoms with Crippen LogP contribution in [-0.4, -0.2) is 30.9 Å². The number of rotatable bonds is 8. The molecule has 0 spiro atoms. The molecule has 0 bridgehead atoms. The minimum absolute atomic E-state index is 0.0908. The standard InChI is InChI=1S/C25H21Cl3N4O4/c26-16-9-10-21(36-14-22(33)29-19-8-4-7-18(27)24(19)28)20(12-16)30-31-25(35)15-11-23(34)32(13-15)17-5-2-1-3-6-17/h1-10,12,15,30H,11,13-14H2,(H,29,33)(H,31,35)/t15-/m0/s1. The molecule has 0 radical (unpaired) electrons. The van der Waals surface area contributed by atoms with E-state index in [9.17, 15) is 14.4 Å². The summed E-state index contributed by atoms with van der Waals surface area (Å²) in [5.41, 5.74) is 6.83. The van der Waals surface area contributed by atoms with Gasteiger partial charge in [0.15, 0.2) is 6.61 Å². The number of nitrogens with one attached hydrogen (secondary N) is 3. The lowest BCUT2D eigenvalue weighted by Crippen LogP contribution is -2.36. The molecule has 3 aromatic carbocycles. The van der Waals surface area contributed by atoms with E-state index in [1.165, 1.54) is 0 Å². The van der Waals surface area contributed by atoms with Crippen LogP contribution in [0.3, 0.4) is 0 Å². The number of anilines is 3. The van der Waals surface area contributed by atoms with E-state index < -0.39 is 11.8 Å². The molecule has 1 aliphatic heterocycles. The van der Waals surface area contributed by atoms with Crippen LogP contribution in [-0.2, 0) is 14.4 Å². The fourth-order valence-electron chi connectivity index (χ4n) is 3.63. The highest BCUT2D eigenvalue weighted by Crippen LogP contribution is 2.31. The summed E-state index contributed by atoms with van der Waals surface area (Å²) in [7, 11) is 0. The van der Waals surface area contributed by atoms with Crippen molar-refractivity contribution in [1.29, 1.82) is 0 Å². The molecule has 1 aliphatic rings. The van der Waals surface area contributed by atoms with Gasteiger partial charge in [0.2, 0.25) is 11.8 Å². The first-order valence-corrected chi connectivity index (χ1v) is 12.0. The summed E-state index contributed by atoms with van der Waals surface area (Å²) in [5.74, 6) is -1.21. The number of benzene rings is 3. The van der Waals surface area contributed by atoms with Gasteiger partial charge in [-0.05, 0) is 42.5 Å². The number of hydrazine groups is 1. The van der Waals surface area contributed by atoms with E-state index in [4.69, 9.17) is 39.5 Å². The number of para-hydroxylation sites is 1. The monoisotopic (exact) mass is 546 g/mol. The molecular weight excluding hydrogens is 527 g/mol. The Morgan fingerprint density at radius 3 is 2.53 bits per heavy atom. The molecule has 1 heterocycles. The van der Waals surface area contributed by atoms with E-state index in [0.29, 0.717) is 21.4 Å². The van der Waals surface area contributed by atoms with Crippen molar-refractivity contribution in [3.8, 4) is 5.75 Å². The maximum atomic E-state index is 12.8. The lowest BCUT2D eigenvalue weighted by atomic mass is 10.1. The van der Waals surface area contributed by atoms with Crippen LogP contribution >= 0.6 is 34.8 Å². The molecule has 3 N–H and O–H groups in total. The second kappa shape index (κ2) is 11.5. The van der Waals surface area contributed by atoms with Crippen LogP contribution in [0.25, 0.3) is 0 Å². The van der Waals surface area contributed by atoms with Gasteiger partial charge in [-0.3, -0.25) is 25.2 Å². The smallest absolute Gasteiger partial charge is 0.262 e. The van der Waals surface area contributed by atoms with Gasteiger partial charge in [-0.15, -0.1) is 0 Å². The lowest BCUT2D eigenvalue weighted by Gasteiger charge is -2.18. The molecule has 1 atom stereocenters. The van der Waals surface area contributed by atoms with Crippen molar-refractivity contribution in [3.05, 3.63) is 81.8 Å². The van der Waals surface area contributed by atoms with Crippen LogP contribution in [0.15, 0.2) is 66.7 Å². The Labute approximate surface area is 222 Å². The van der Waals surface area contributed by atoms with E-state index in [0.717, 1.165) is 5.69 Å². The first kappa shape index (κ1) is 25.6. The van der Waals surface area contributed by atoms with Crippen molar-refractivity contribution in [2.45, 2.75) is 6.42 Å². The predicted octanol–water partition coefficient (Wildman–Crippen LogP) is 5.16. The summed E-state index contributed by atoms with van der Waals surface area (Å²) >= 11 is 18.2. The van der Waals surface area contributed by atoms with E-state index >= 15 is 0 Å². The molecule has 0 unspecified atom stereocenters. The maximum absolute atomic E-state index is 12.8. The Hall–Kier alpha value is -3.46. The highest BCUT2D eigenvalue weighted by molar-refractivity contribution is 6.44. The second-order valence-electron chi connectivity index (χ2n) is 7.93. The second-order valence-corrected chi connectivity index (χ2v) is 9.16. The average Bonchev–Trinajstić information content (AvgIpc) is 3.27. The van der Waals surface area contributed by atoms with Gasteiger partial charge in [0.05, 0.1) is 27.3 Å². The molecule has 4 rings (SSSR count). The quantitative estimate of drug-likeness (QED) is 0.338. The van der Waals surface area contributed by atoms with Crippen molar-refractivity contribution >= 4 is 69.6 Å². The van der Waals surface area contributed by atoms with Crippen molar-refractivity contribution in [3.63, 3.8) is 0 Å². The van der Waals surface area contributed by atoms with E-state index in [-0.39, 0.29) is 42.2 Å². The molecule has 8 nitrogen and oxygen atoms in total. The summed E-state index contributed by atoms with van der Waals surface area (Å²) in [5, 5.41) is 3.55. The number of carbonyl (C=O) groups is 3. The summed E-state index contributed by atoms with van der Waals surface area (Å²) in [6.07, 6.45) is 0.0908. The Bertz CT molecular complexity index is 1290. The van der Waals surface area contributed by atoms with Gasteiger partial charge in [0.25, 0.3) is 5.91 Å². The third kappa shape index (κ3) is 6.20. The first-order valence-electron chi connectivity index (χ1n) is 10.9. The molecule has 11 heteroatoms. The maximum Gasteiger partial charge on any atom is 0.262 e. The molecule has 0 saturated carbocycles.